The summed E-state index contributed by atoms with van der Waals surface area (Å²) in [5, 5.41) is 12.4. The molecule has 0 fully saturated rings. The fourth-order valence-electron chi connectivity index (χ4n) is 2.06. The van der Waals surface area contributed by atoms with E-state index in [0.717, 1.165) is 10.6 Å². The van der Waals surface area contributed by atoms with Crippen LogP contribution >= 0.6 is 11.3 Å². The number of nitrogens with zero attached hydrogens (tertiary/aromatic N) is 2. The minimum absolute atomic E-state index is 0.0878. The molecule has 3 rings (SSSR count). The zero-order valence-electron chi connectivity index (χ0n) is 13.4. The Bertz CT molecular complexity index is 795. The number of ether oxygens (including phenoxy) is 1. The summed E-state index contributed by atoms with van der Waals surface area (Å²) in [5.74, 6) is 0.878. The predicted octanol–water partition coefficient (Wildman–Crippen LogP) is 3.76. The molecule has 3 aromatic rings. The number of benzene rings is 1. The minimum Gasteiger partial charge on any atom is -0.491 e. The lowest BCUT2D eigenvalue weighted by Gasteiger charge is -2.09. The van der Waals surface area contributed by atoms with Crippen molar-refractivity contribution in [1.82, 2.24) is 10.2 Å². The van der Waals surface area contributed by atoms with Crippen molar-refractivity contribution in [2.75, 3.05) is 5.32 Å². The van der Waals surface area contributed by atoms with Gasteiger partial charge in [0.1, 0.15) is 5.75 Å². The van der Waals surface area contributed by atoms with Crippen molar-refractivity contribution in [3.63, 3.8) is 0 Å². The van der Waals surface area contributed by atoms with E-state index in [4.69, 9.17) is 9.15 Å². The first-order valence-corrected chi connectivity index (χ1v) is 8.41. The molecule has 0 unspecified atom stereocenters. The Morgan fingerprint density at radius 3 is 2.71 bits per heavy atom. The number of amides is 1. The Hall–Kier alpha value is -2.67. The van der Waals surface area contributed by atoms with Gasteiger partial charge in [-0.2, -0.15) is 0 Å². The van der Waals surface area contributed by atoms with Crippen LogP contribution in [0.2, 0.25) is 0 Å². The first-order chi connectivity index (χ1) is 11.6. The first kappa shape index (κ1) is 16.2. The van der Waals surface area contributed by atoms with Crippen molar-refractivity contribution in [2.24, 2.45) is 0 Å². The lowest BCUT2D eigenvalue weighted by atomic mass is 10.2. The number of rotatable bonds is 6. The lowest BCUT2D eigenvalue weighted by Crippen LogP contribution is -2.12. The summed E-state index contributed by atoms with van der Waals surface area (Å²) in [6.45, 7) is 3.90. The van der Waals surface area contributed by atoms with Gasteiger partial charge in [0.15, 0.2) is 0 Å². The van der Waals surface area contributed by atoms with E-state index in [0.29, 0.717) is 17.9 Å². The maximum Gasteiger partial charge on any atom is 0.322 e. The fraction of sp³-hybridized carbons (Fsp3) is 0.235. The van der Waals surface area contributed by atoms with Gasteiger partial charge in [0, 0.05) is 10.4 Å². The van der Waals surface area contributed by atoms with E-state index >= 15 is 0 Å². The van der Waals surface area contributed by atoms with Crippen LogP contribution in [0.4, 0.5) is 6.01 Å². The summed E-state index contributed by atoms with van der Waals surface area (Å²) in [4.78, 5) is 13.3. The summed E-state index contributed by atoms with van der Waals surface area (Å²) >= 11 is 1.62. The predicted molar refractivity (Wildman–Crippen MR) is 91.6 cm³/mol. The number of aromatic nitrogens is 2. The van der Waals surface area contributed by atoms with Gasteiger partial charge in [-0.15, -0.1) is 16.4 Å². The number of anilines is 1. The van der Waals surface area contributed by atoms with E-state index in [1.54, 1.807) is 35.6 Å². The molecule has 1 amide bonds. The molecular formula is C17H17N3O3S. The van der Waals surface area contributed by atoms with Crippen LogP contribution in [0.15, 0.2) is 46.2 Å². The second kappa shape index (κ2) is 7.27. The van der Waals surface area contributed by atoms with Gasteiger partial charge < -0.3 is 9.15 Å². The Morgan fingerprint density at radius 1 is 1.25 bits per heavy atom. The Kier molecular flexibility index (Phi) is 4.90. The third-order valence-corrected chi connectivity index (χ3v) is 3.96. The van der Waals surface area contributed by atoms with Crippen molar-refractivity contribution in [3.05, 3.63) is 58.1 Å². The normalized spacial score (nSPS) is 10.8. The third kappa shape index (κ3) is 4.20. The summed E-state index contributed by atoms with van der Waals surface area (Å²) in [6.07, 6.45) is 0.645. The highest BCUT2D eigenvalue weighted by Crippen LogP contribution is 2.17. The van der Waals surface area contributed by atoms with Gasteiger partial charge in [-0.3, -0.25) is 10.1 Å². The topological polar surface area (TPSA) is 77.2 Å². The molecule has 6 nitrogen and oxygen atoms in total. The largest absolute Gasteiger partial charge is 0.491 e. The Balaban J connectivity index is 1.61. The van der Waals surface area contributed by atoms with E-state index in [1.165, 1.54) is 0 Å². The number of nitrogens with one attached hydrogen (secondary N) is 1. The average molecular weight is 343 g/mol. The lowest BCUT2D eigenvalue weighted by molar-refractivity contribution is 0.102. The van der Waals surface area contributed by atoms with Gasteiger partial charge in [-0.25, -0.2) is 0 Å². The van der Waals surface area contributed by atoms with Gasteiger partial charge in [-0.1, -0.05) is 11.2 Å². The molecule has 0 aliphatic rings. The number of carbonyl (C=O) groups is 1. The molecule has 7 heteroatoms. The molecule has 2 heterocycles. The molecule has 0 atom stereocenters. The van der Waals surface area contributed by atoms with Crippen LogP contribution in [-0.4, -0.2) is 22.2 Å². The molecule has 0 spiro atoms. The van der Waals surface area contributed by atoms with Crippen LogP contribution in [0.3, 0.4) is 0 Å². The first-order valence-electron chi connectivity index (χ1n) is 7.53. The summed E-state index contributed by atoms with van der Waals surface area (Å²) < 4.78 is 11.0. The standard InChI is InChI=1S/C17H17N3O3S/c1-11(2)22-13-7-5-12(6-8-13)16(21)18-17-20-19-15(23-17)10-14-4-3-9-24-14/h3-9,11H,10H2,1-2H3,(H,18,20,21). The van der Waals surface area contributed by atoms with Gasteiger partial charge in [0.25, 0.3) is 5.91 Å². The van der Waals surface area contributed by atoms with Gasteiger partial charge in [0.05, 0.1) is 12.5 Å². The van der Waals surface area contributed by atoms with Crippen molar-refractivity contribution in [2.45, 2.75) is 26.4 Å². The van der Waals surface area contributed by atoms with Crippen LogP contribution in [0, 0.1) is 0 Å². The summed E-state index contributed by atoms with van der Waals surface area (Å²) in [6, 6.07) is 10.9. The van der Waals surface area contributed by atoms with Gasteiger partial charge >= 0.3 is 6.01 Å². The van der Waals surface area contributed by atoms with Gasteiger partial charge in [-0.05, 0) is 49.6 Å². The molecule has 0 bridgehead atoms. The Morgan fingerprint density at radius 2 is 2.04 bits per heavy atom. The van der Waals surface area contributed by atoms with Crippen molar-refractivity contribution in [1.29, 1.82) is 0 Å². The van der Waals surface area contributed by atoms with Crippen LogP contribution < -0.4 is 10.1 Å². The maximum absolute atomic E-state index is 12.2. The highest BCUT2D eigenvalue weighted by atomic mass is 32.1. The van der Waals surface area contributed by atoms with Crippen molar-refractivity contribution >= 4 is 23.3 Å². The van der Waals surface area contributed by atoms with Crippen molar-refractivity contribution < 1.29 is 13.9 Å². The molecule has 0 radical (unpaired) electrons. The van der Waals surface area contributed by atoms with Crippen LogP contribution in [-0.2, 0) is 6.42 Å². The zero-order valence-corrected chi connectivity index (χ0v) is 14.2. The number of thiophene rings is 1. The molecule has 2 aromatic heterocycles. The summed E-state index contributed by atoms with van der Waals surface area (Å²) in [7, 11) is 0. The van der Waals surface area contributed by atoms with Crippen LogP contribution in [0.5, 0.6) is 5.75 Å². The van der Waals surface area contributed by atoms with E-state index in [1.807, 2.05) is 31.4 Å². The SMILES string of the molecule is CC(C)Oc1ccc(C(=O)Nc2nnc(Cc3cccs3)o2)cc1. The number of hydrogen-bond acceptors (Lipinski definition) is 6. The molecule has 1 aromatic carbocycles. The quantitative estimate of drug-likeness (QED) is 0.737. The average Bonchev–Trinajstić information content (AvgIpc) is 3.20. The van der Waals surface area contributed by atoms with E-state index in [9.17, 15) is 4.79 Å². The van der Waals surface area contributed by atoms with Crippen LogP contribution in [0.1, 0.15) is 35.0 Å². The molecule has 124 valence electrons. The Labute approximate surface area is 143 Å². The molecule has 0 aliphatic carbocycles. The molecular weight excluding hydrogens is 326 g/mol. The second-order valence-corrected chi connectivity index (χ2v) is 6.43. The van der Waals surface area contributed by atoms with Crippen molar-refractivity contribution in [3.8, 4) is 5.75 Å². The minimum atomic E-state index is -0.308. The number of carbonyl (C=O) groups excluding carboxylic acids is 1. The van der Waals surface area contributed by atoms with E-state index in [2.05, 4.69) is 15.5 Å². The monoisotopic (exact) mass is 343 g/mol. The highest BCUT2D eigenvalue weighted by Gasteiger charge is 2.12. The van der Waals surface area contributed by atoms with Crippen LogP contribution in [0.25, 0.3) is 0 Å². The van der Waals surface area contributed by atoms with E-state index in [-0.39, 0.29) is 18.0 Å². The molecule has 24 heavy (non-hydrogen) atoms. The van der Waals surface area contributed by atoms with Gasteiger partial charge in [0.2, 0.25) is 5.89 Å². The molecule has 0 saturated carbocycles. The fourth-order valence-corrected chi connectivity index (χ4v) is 2.76. The third-order valence-electron chi connectivity index (χ3n) is 3.08. The second-order valence-electron chi connectivity index (χ2n) is 5.40. The smallest absolute Gasteiger partial charge is 0.322 e. The molecule has 0 aliphatic heterocycles. The maximum atomic E-state index is 12.2. The number of hydrogen-bond donors (Lipinski definition) is 1. The zero-order chi connectivity index (χ0) is 16.9. The highest BCUT2D eigenvalue weighted by molar-refractivity contribution is 7.09. The molecule has 1 N–H and O–H groups in total. The van der Waals surface area contributed by atoms with E-state index < -0.39 is 0 Å². The molecule has 0 saturated heterocycles. The summed E-state index contributed by atoms with van der Waals surface area (Å²) in [5.41, 5.74) is 0.490.